The molecule has 0 spiro atoms. The van der Waals surface area contributed by atoms with E-state index in [1.54, 1.807) is 6.07 Å². The van der Waals surface area contributed by atoms with Crippen molar-refractivity contribution in [3.05, 3.63) is 64.7 Å². The monoisotopic (exact) mass is 240 g/mol. The summed E-state index contributed by atoms with van der Waals surface area (Å²) in [6.45, 7) is 4.47. The van der Waals surface area contributed by atoms with E-state index in [-0.39, 0.29) is 0 Å². The summed E-state index contributed by atoms with van der Waals surface area (Å²) < 4.78 is 5.79. The molecule has 2 nitrogen and oxygen atoms in total. The van der Waals surface area contributed by atoms with E-state index >= 15 is 0 Å². The average molecular weight is 240 g/mol. The van der Waals surface area contributed by atoms with E-state index in [9.17, 15) is 4.79 Å². The van der Waals surface area contributed by atoms with Crippen LogP contribution in [0.3, 0.4) is 0 Å². The highest BCUT2D eigenvalue weighted by molar-refractivity contribution is 5.80. The predicted octanol–water partition coefficient (Wildman–Crippen LogP) is 3.69. The van der Waals surface area contributed by atoms with Crippen LogP contribution in [0.2, 0.25) is 0 Å². The lowest BCUT2D eigenvalue weighted by Gasteiger charge is -2.13. The number of ether oxygens (including phenoxy) is 1. The maximum absolute atomic E-state index is 11.0. The lowest BCUT2D eigenvalue weighted by Crippen LogP contribution is -2.01. The zero-order chi connectivity index (χ0) is 13.0. The highest BCUT2D eigenvalue weighted by Crippen LogP contribution is 2.26. The number of carbonyl (C=O) groups is 1. The molecular weight excluding hydrogens is 224 g/mol. The predicted molar refractivity (Wildman–Crippen MR) is 72.1 cm³/mol. The Morgan fingerprint density at radius 1 is 1.06 bits per heavy atom. The molecule has 0 aliphatic rings. The maximum atomic E-state index is 11.0. The van der Waals surface area contributed by atoms with Crippen LogP contribution >= 0.6 is 0 Å². The molecule has 92 valence electrons. The van der Waals surface area contributed by atoms with Gasteiger partial charge in [-0.1, -0.05) is 36.4 Å². The Morgan fingerprint density at radius 3 is 2.44 bits per heavy atom. The maximum Gasteiger partial charge on any atom is 0.153 e. The fraction of sp³-hybridized carbons (Fsp3) is 0.188. The minimum atomic E-state index is 0.478. The van der Waals surface area contributed by atoms with E-state index in [4.69, 9.17) is 4.74 Å². The van der Waals surface area contributed by atoms with Gasteiger partial charge in [0, 0.05) is 0 Å². The average Bonchev–Trinajstić information content (AvgIpc) is 2.41. The number of benzene rings is 2. The van der Waals surface area contributed by atoms with Crippen molar-refractivity contribution in [3.63, 3.8) is 0 Å². The normalized spacial score (nSPS) is 10.1. The third kappa shape index (κ3) is 2.59. The van der Waals surface area contributed by atoms with Crippen LogP contribution in [0.25, 0.3) is 0 Å². The summed E-state index contributed by atoms with van der Waals surface area (Å²) in [5.74, 6) is 0.689. The van der Waals surface area contributed by atoms with Crippen molar-refractivity contribution >= 4 is 6.29 Å². The van der Waals surface area contributed by atoms with Gasteiger partial charge in [-0.15, -0.1) is 0 Å². The number of aldehydes is 1. The van der Waals surface area contributed by atoms with Crippen molar-refractivity contribution in [2.24, 2.45) is 0 Å². The first-order valence-electron chi connectivity index (χ1n) is 5.94. The molecule has 2 aromatic carbocycles. The molecule has 0 N–H and O–H groups in total. The Kier molecular flexibility index (Phi) is 3.78. The Balaban J connectivity index is 2.23. The molecule has 2 rings (SSSR count). The van der Waals surface area contributed by atoms with E-state index in [1.807, 2.05) is 50.2 Å². The van der Waals surface area contributed by atoms with Crippen LogP contribution in [0.15, 0.2) is 42.5 Å². The van der Waals surface area contributed by atoms with Gasteiger partial charge < -0.3 is 4.74 Å². The topological polar surface area (TPSA) is 26.3 Å². The van der Waals surface area contributed by atoms with E-state index in [1.165, 1.54) is 0 Å². The van der Waals surface area contributed by atoms with Crippen molar-refractivity contribution < 1.29 is 9.53 Å². The number of aryl methyl sites for hydroxylation is 1. The van der Waals surface area contributed by atoms with Gasteiger partial charge in [0.15, 0.2) is 6.29 Å². The summed E-state index contributed by atoms with van der Waals surface area (Å²) in [4.78, 5) is 11.0. The van der Waals surface area contributed by atoms with Crippen LogP contribution in [0.5, 0.6) is 5.75 Å². The summed E-state index contributed by atoms with van der Waals surface area (Å²) in [5.41, 5.74) is 3.85. The van der Waals surface area contributed by atoms with Crippen LogP contribution in [0, 0.1) is 13.8 Å². The molecule has 0 aromatic heterocycles. The first-order chi connectivity index (χ1) is 8.72. The largest absolute Gasteiger partial charge is 0.488 e. The standard InChI is InChI=1S/C16H16O2/c1-12-8-9-15(10-17)16(13(12)2)18-11-14-6-4-3-5-7-14/h3-10H,11H2,1-2H3. The van der Waals surface area contributed by atoms with Gasteiger partial charge in [0.2, 0.25) is 0 Å². The third-order valence-corrected chi connectivity index (χ3v) is 3.06. The van der Waals surface area contributed by atoms with Gasteiger partial charge in [0.25, 0.3) is 0 Å². The molecule has 0 bridgehead atoms. The Hall–Kier alpha value is -2.09. The summed E-state index contributed by atoms with van der Waals surface area (Å²) >= 11 is 0. The molecule has 2 aromatic rings. The van der Waals surface area contributed by atoms with Crippen LogP contribution in [-0.2, 0) is 6.61 Å². The smallest absolute Gasteiger partial charge is 0.153 e. The molecule has 0 radical (unpaired) electrons. The van der Waals surface area contributed by atoms with Crippen molar-refractivity contribution in [1.82, 2.24) is 0 Å². The second-order valence-corrected chi connectivity index (χ2v) is 4.32. The summed E-state index contributed by atoms with van der Waals surface area (Å²) in [6.07, 6.45) is 0.840. The van der Waals surface area contributed by atoms with Crippen LogP contribution in [0.1, 0.15) is 27.0 Å². The lowest BCUT2D eigenvalue weighted by atomic mass is 10.1. The Labute approximate surface area is 107 Å². The first kappa shape index (κ1) is 12.4. The van der Waals surface area contributed by atoms with Crippen molar-refractivity contribution in [3.8, 4) is 5.75 Å². The fourth-order valence-electron chi connectivity index (χ4n) is 1.83. The van der Waals surface area contributed by atoms with E-state index in [0.29, 0.717) is 17.9 Å². The molecule has 0 fully saturated rings. The minimum absolute atomic E-state index is 0.478. The van der Waals surface area contributed by atoms with E-state index < -0.39 is 0 Å². The Bertz CT molecular complexity index is 545. The highest BCUT2D eigenvalue weighted by atomic mass is 16.5. The SMILES string of the molecule is Cc1ccc(C=O)c(OCc2ccccc2)c1C. The van der Waals surface area contributed by atoms with E-state index in [0.717, 1.165) is 23.0 Å². The summed E-state index contributed by atoms with van der Waals surface area (Å²) in [6, 6.07) is 13.7. The number of rotatable bonds is 4. The highest BCUT2D eigenvalue weighted by Gasteiger charge is 2.09. The van der Waals surface area contributed by atoms with Crippen LogP contribution < -0.4 is 4.74 Å². The molecule has 0 aliphatic carbocycles. The zero-order valence-corrected chi connectivity index (χ0v) is 10.6. The second-order valence-electron chi connectivity index (χ2n) is 4.32. The van der Waals surface area contributed by atoms with Crippen LogP contribution in [0.4, 0.5) is 0 Å². The second kappa shape index (κ2) is 5.50. The minimum Gasteiger partial charge on any atom is -0.488 e. The molecule has 0 amide bonds. The number of hydrogen-bond acceptors (Lipinski definition) is 2. The first-order valence-corrected chi connectivity index (χ1v) is 5.94. The van der Waals surface area contributed by atoms with Gasteiger partial charge in [-0.05, 0) is 36.6 Å². The molecule has 18 heavy (non-hydrogen) atoms. The van der Waals surface area contributed by atoms with Crippen molar-refractivity contribution in [1.29, 1.82) is 0 Å². The molecule has 0 saturated heterocycles. The summed E-state index contributed by atoms with van der Waals surface area (Å²) in [5, 5.41) is 0. The van der Waals surface area contributed by atoms with Crippen LogP contribution in [-0.4, -0.2) is 6.29 Å². The van der Waals surface area contributed by atoms with Gasteiger partial charge >= 0.3 is 0 Å². The van der Waals surface area contributed by atoms with Gasteiger partial charge in [0.1, 0.15) is 12.4 Å². The zero-order valence-electron chi connectivity index (χ0n) is 10.6. The van der Waals surface area contributed by atoms with Gasteiger partial charge in [0.05, 0.1) is 5.56 Å². The van der Waals surface area contributed by atoms with E-state index in [2.05, 4.69) is 0 Å². The Morgan fingerprint density at radius 2 is 1.78 bits per heavy atom. The summed E-state index contributed by atoms with van der Waals surface area (Å²) in [7, 11) is 0. The molecule has 0 aliphatic heterocycles. The lowest BCUT2D eigenvalue weighted by molar-refractivity contribution is 0.111. The molecule has 2 heteroatoms. The molecule has 0 heterocycles. The number of carbonyl (C=O) groups excluding carboxylic acids is 1. The molecule has 0 unspecified atom stereocenters. The fourth-order valence-corrected chi connectivity index (χ4v) is 1.83. The number of hydrogen-bond donors (Lipinski definition) is 0. The van der Waals surface area contributed by atoms with Crippen molar-refractivity contribution in [2.75, 3.05) is 0 Å². The molecule has 0 saturated carbocycles. The molecular formula is C16H16O2. The van der Waals surface area contributed by atoms with Gasteiger partial charge in [-0.2, -0.15) is 0 Å². The van der Waals surface area contributed by atoms with Gasteiger partial charge in [-0.25, -0.2) is 0 Å². The third-order valence-electron chi connectivity index (χ3n) is 3.06. The molecule has 0 atom stereocenters. The van der Waals surface area contributed by atoms with Crippen molar-refractivity contribution in [2.45, 2.75) is 20.5 Å². The quantitative estimate of drug-likeness (QED) is 0.762. The van der Waals surface area contributed by atoms with Gasteiger partial charge in [-0.3, -0.25) is 4.79 Å².